The number of carbonyl (C=O) groups excluding carboxylic acids is 1. The maximum atomic E-state index is 11.5. The van der Waals surface area contributed by atoms with Gasteiger partial charge in [0, 0.05) is 13.0 Å². The lowest BCUT2D eigenvalue weighted by Crippen LogP contribution is -2.24. The van der Waals surface area contributed by atoms with Gasteiger partial charge in [0.2, 0.25) is 0 Å². The van der Waals surface area contributed by atoms with Crippen molar-refractivity contribution in [2.24, 2.45) is 0 Å². The Morgan fingerprint density at radius 1 is 1.40 bits per heavy atom. The summed E-state index contributed by atoms with van der Waals surface area (Å²) >= 11 is 1.44. The molecule has 3 nitrogen and oxygen atoms in total. The molecule has 4 heteroatoms. The first-order chi connectivity index (χ1) is 7.36. The van der Waals surface area contributed by atoms with Gasteiger partial charge in [-0.25, -0.2) is 0 Å². The Kier molecular flexibility index (Phi) is 3.19. The van der Waals surface area contributed by atoms with Crippen molar-refractivity contribution in [1.82, 2.24) is 5.32 Å². The predicted molar refractivity (Wildman–Crippen MR) is 59.1 cm³/mol. The van der Waals surface area contributed by atoms with Crippen LogP contribution in [0.4, 0.5) is 0 Å². The smallest absolute Gasteiger partial charge is 0.261 e. The summed E-state index contributed by atoms with van der Waals surface area (Å²) in [4.78, 5) is 12.2. The van der Waals surface area contributed by atoms with Crippen LogP contribution in [-0.2, 0) is 6.42 Å². The molecular weight excluding hydrogens is 210 g/mol. The van der Waals surface area contributed by atoms with E-state index in [9.17, 15) is 4.79 Å². The van der Waals surface area contributed by atoms with Gasteiger partial charge >= 0.3 is 0 Å². The Bertz CT molecular complexity index is 406. The van der Waals surface area contributed by atoms with Gasteiger partial charge in [-0.1, -0.05) is 6.07 Å². The standard InChI is InChI=1S/C11H11NO2S/c13-11(10-4-2-8-15-10)12-6-5-9-3-1-7-14-9/h1-4,7-8H,5-6H2,(H,12,13). The number of furan rings is 1. The van der Waals surface area contributed by atoms with E-state index in [2.05, 4.69) is 5.32 Å². The maximum Gasteiger partial charge on any atom is 0.261 e. The molecule has 1 amide bonds. The molecule has 0 saturated carbocycles. The molecule has 0 spiro atoms. The first-order valence-electron chi connectivity index (χ1n) is 4.70. The third-order valence-electron chi connectivity index (χ3n) is 1.98. The second kappa shape index (κ2) is 4.79. The maximum absolute atomic E-state index is 11.5. The summed E-state index contributed by atoms with van der Waals surface area (Å²) in [6.45, 7) is 0.601. The molecule has 2 rings (SSSR count). The van der Waals surface area contributed by atoms with Crippen LogP contribution in [0.3, 0.4) is 0 Å². The van der Waals surface area contributed by atoms with Crippen LogP contribution >= 0.6 is 11.3 Å². The fourth-order valence-electron chi connectivity index (χ4n) is 1.25. The van der Waals surface area contributed by atoms with E-state index in [1.165, 1.54) is 11.3 Å². The van der Waals surface area contributed by atoms with Crippen molar-refractivity contribution in [1.29, 1.82) is 0 Å². The lowest BCUT2D eigenvalue weighted by atomic mass is 10.3. The van der Waals surface area contributed by atoms with Gasteiger partial charge in [0.1, 0.15) is 5.76 Å². The Hall–Kier alpha value is -1.55. The van der Waals surface area contributed by atoms with Crippen molar-refractivity contribution < 1.29 is 9.21 Å². The number of nitrogens with one attached hydrogen (secondary N) is 1. The lowest BCUT2D eigenvalue weighted by Gasteiger charge is -2.01. The van der Waals surface area contributed by atoms with Gasteiger partial charge < -0.3 is 9.73 Å². The molecule has 0 aliphatic rings. The van der Waals surface area contributed by atoms with Gasteiger partial charge in [0.25, 0.3) is 5.91 Å². The zero-order valence-electron chi connectivity index (χ0n) is 8.10. The molecule has 0 bridgehead atoms. The third kappa shape index (κ3) is 2.70. The van der Waals surface area contributed by atoms with E-state index >= 15 is 0 Å². The second-order valence-electron chi connectivity index (χ2n) is 3.06. The van der Waals surface area contributed by atoms with E-state index in [1.54, 1.807) is 6.26 Å². The molecule has 1 N–H and O–H groups in total. The van der Waals surface area contributed by atoms with Gasteiger partial charge in [-0.05, 0) is 23.6 Å². The van der Waals surface area contributed by atoms with Crippen LogP contribution in [-0.4, -0.2) is 12.5 Å². The Morgan fingerprint density at radius 3 is 3.00 bits per heavy atom. The molecule has 0 aliphatic carbocycles. The molecule has 0 aliphatic heterocycles. The molecule has 2 aromatic heterocycles. The molecular formula is C11H11NO2S. The van der Waals surface area contributed by atoms with Crippen LogP contribution in [0.25, 0.3) is 0 Å². The molecule has 0 aromatic carbocycles. The first kappa shape index (κ1) is 9.98. The Morgan fingerprint density at radius 2 is 2.33 bits per heavy atom. The normalized spacial score (nSPS) is 10.1. The highest BCUT2D eigenvalue weighted by molar-refractivity contribution is 7.12. The quantitative estimate of drug-likeness (QED) is 0.860. The van der Waals surface area contributed by atoms with Crippen molar-refractivity contribution in [2.45, 2.75) is 6.42 Å². The summed E-state index contributed by atoms with van der Waals surface area (Å²) in [6.07, 6.45) is 2.36. The molecule has 2 heterocycles. The highest BCUT2D eigenvalue weighted by atomic mass is 32.1. The fourth-order valence-corrected chi connectivity index (χ4v) is 1.89. The van der Waals surface area contributed by atoms with E-state index < -0.39 is 0 Å². The SMILES string of the molecule is O=C(NCCc1ccco1)c1cccs1. The zero-order valence-corrected chi connectivity index (χ0v) is 8.92. The minimum atomic E-state index is -0.0171. The summed E-state index contributed by atoms with van der Waals surface area (Å²) in [5.41, 5.74) is 0. The average molecular weight is 221 g/mol. The van der Waals surface area contributed by atoms with Gasteiger partial charge in [0.05, 0.1) is 11.1 Å². The largest absolute Gasteiger partial charge is 0.469 e. The number of thiophene rings is 1. The number of rotatable bonds is 4. The van der Waals surface area contributed by atoms with Gasteiger partial charge in [0.15, 0.2) is 0 Å². The minimum absolute atomic E-state index is 0.0171. The molecule has 2 aromatic rings. The third-order valence-corrected chi connectivity index (χ3v) is 2.85. The van der Waals surface area contributed by atoms with Crippen molar-refractivity contribution in [3.8, 4) is 0 Å². The van der Waals surface area contributed by atoms with Crippen LogP contribution < -0.4 is 5.32 Å². The van der Waals surface area contributed by atoms with Gasteiger partial charge in [-0.15, -0.1) is 11.3 Å². The second-order valence-corrected chi connectivity index (χ2v) is 4.01. The summed E-state index contributed by atoms with van der Waals surface area (Å²) in [6, 6.07) is 7.42. The molecule has 0 unspecified atom stereocenters. The first-order valence-corrected chi connectivity index (χ1v) is 5.58. The number of hydrogen-bond donors (Lipinski definition) is 1. The monoisotopic (exact) mass is 221 g/mol. The molecule has 0 saturated heterocycles. The number of carbonyl (C=O) groups is 1. The highest BCUT2D eigenvalue weighted by Gasteiger charge is 2.05. The molecule has 0 fully saturated rings. The van der Waals surface area contributed by atoms with Crippen LogP contribution in [0.1, 0.15) is 15.4 Å². The molecule has 0 atom stereocenters. The predicted octanol–water partition coefficient (Wildman–Crippen LogP) is 2.31. The summed E-state index contributed by atoms with van der Waals surface area (Å²) < 4.78 is 5.16. The molecule has 15 heavy (non-hydrogen) atoms. The van der Waals surface area contributed by atoms with Crippen molar-refractivity contribution in [3.63, 3.8) is 0 Å². The van der Waals surface area contributed by atoms with E-state index in [0.717, 1.165) is 17.1 Å². The van der Waals surface area contributed by atoms with Crippen molar-refractivity contribution >= 4 is 17.2 Å². The zero-order chi connectivity index (χ0) is 10.5. The van der Waals surface area contributed by atoms with Crippen molar-refractivity contribution in [2.75, 3.05) is 6.54 Å². The van der Waals surface area contributed by atoms with Crippen LogP contribution in [0.15, 0.2) is 40.3 Å². The van der Waals surface area contributed by atoms with Crippen LogP contribution in [0.2, 0.25) is 0 Å². The fraction of sp³-hybridized carbons (Fsp3) is 0.182. The molecule has 0 radical (unpaired) electrons. The van der Waals surface area contributed by atoms with E-state index in [-0.39, 0.29) is 5.91 Å². The lowest BCUT2D eigenvalue weighted by molar-refractivity contribution is 0.0958. The van der Waals surface area contributed by atoms with Gasteiger partial charge in [-0.2, -0.15) is 0 Å². The number of hydrogen-bond acceptors (Lipinski definition) is 3. The van der Waals surface area contributed by atoms with Gasteiger partial charge in [-0.3, -0.25) is 4.79 Å². The topological polar surface area (TPSA) is 42.2 Å². The van der Waals surface area contributed by atoms with E-state index in [4.69, 9.17) is 4.42 Å². The van der Waals surface area contributed by atoms with E-state index in [1.807, 2.05) is 29.6 Å². The summed E-state index contributed by atoms with van der Waals surface area (Å²) in [5.74, 6) is 0.873. The van der Waals surface area contributed by atoms with Crippen LogP contribution in [0, 0.1) is 0 Å². The Labute approximate surface area is 91.7 Å². The van der Waals surface area contributed by atoms with E-state index in [0.29, 0.717) is 6.54 Å². The minimum Gasteiger partial charge on any atom is -0.469 e. The number of amides is 1. The average Bonchev–Trinajstić information content (AvgIpc) is 2.90. The van der Waals surface area contributed by atoms with Crippen molar-refractivity contribution in [3.05, 3.63) is 46.5 Å². The van der Waals surface area contributed by atoms with Crippen LogP contribution in [0.5, 0.6) is 0 Å². The summed E-state index contributed by atoms with van der Waals surface area (Å²) in [5, 5.41) is 4.73. The summed E-state index contributed by atoms with van der Waals surface area (Å²) in [7, 11) is 0. The highest BCUT2D eigenvalue weighted by Crippen LogP contribution is 2.07. The Balaban J connectivity index is 1.77. The molecule has 78 valence electrons.